The monoisotopic (exact) mass is 350 g/mol. The largest absolute Gasteiger partial charge is 0.480 e. The molecule has 0 spiro atoms. The topological polar surface area (TPSA) is 95.9 Å². The summed E-state index contributed by atoms with van der Waals surface area (Å²) in [7, 11) is 0. The van der Waals surface area contributed by atoms with Gasteiger partial charge in [0.05, 0.1) is 0 Å². The molecule has 0 unspecified atom stereocenters. The lowest BCUT2D eigenvalue weighted by Crippen LogP contribution is -2.52. The number of nitrogens with one attached hydrogen (secondary N) is 1. The van der Waals surface area contributed by atoms with Gasteiger partial charge in [-0.2, -0.15) is 0 Å². The molecule has 7 nitrogen and oxygen atoms in total. The van der Waals surface area contributed by atoms with E-state index in [0.717, 1.165) is 5.56 Å². The molecule has 0 saturated heterocycles. The zero-order valence-corrected chi connectivity index (χ0v) is 15.3. The van der Waals surface area contributed by atoms with Crippen LogP contribution in [-0.4, -0.2) is 45.7 Å². The molecular weight excluding hydrogens is 324 g/mol. The highest BCUT2D eigenvalue weighted by Crippen LogP contribution is 2.12. The Morgan fingerprint density at radius 2 is 1.72 bits per heavy atom. The summed E-state index contributed by atoms with van der Waals surface area (Å²) in [4.78, 5) is 37.1. The van der Waals surface area contributed by atoms with Crippen molar-refractivity contribution in [1.82, 2.24) is 10.2 Å². The number of hydrogen-bond donors (Lipinski definition) is 2. The third kappa shape index (κ3) is 6.82. The van der Waals surface area contributed by atoms with Crippen LogP contribution in [0.25, 0.3) is 0 Å². The number of carboxylic acid groups (broad SMARTS) is 1. The first kappa shape index (κ1) is 20.5. The van der Waals surface area contributed by atoms with E-state index in [-0.39, 0.29) is 6.54 Å². The van der Waals surface area contributed by atoms with Crippen LogP contribution in [-0.2, 0) is 20.9 Å². The van der Waals surface area contributed by atoms with Gasteiger partial charge in [0.25, 0.3) is 0 Å². The summed E-state index contributed by atoms with van der Waals surface area (Å²) in [6, 6.07) is 7.12. The molecule has 1 rings (SSSR count). The molecule has 0 fully saturated rings. The fourth-order valence-electron chi connectivity index (χ4n) is 2.11. The van der Waals surface area contributed by atoms with Gasteiger partial charge in [-0.1, -0.05) is 30.3 Å². The van der Waals surface area contributed by atoms with Crippen molar-refractivity contribution in [2.45, 2.75) is 58.8 Å². The molecule has 1 aromatic carbocycles. The summed E-state index contributed by atoms with van der Waals surface area (Å²) in [6.07, 6.45) is -0.726. The maximum absolute atomic E-state index is 12.7. The Morgan fingerprint density at radius 1 is 1.16 bits per heavy atom. The zero-order chi connectivity index (χ0) is 19.2. The minimum Gasteiger partial charge on any atom is -0.480 e. The van der Waals surface area contributed by atoms with E-state index in [0.29, 0.717) is 0 Å². The van der Waals surface area contributed by atoms with Crippen molar-refractivity contribution < 1.29 is 24.2 Å². The number of amides is 2. The van der Waals surface area contributed by atoms with Crippen molar-refractivity contribution in [3.63, 3.8) is 0 Å². The third-order valence-electron chi connectivity index (χ3n) is 3.41. The first-order valence-electron chi connectivity index (χ1n) is 8.08. The van der Waals surface area contributed by atoms with Gasteiger partial charge in [0.2, 0.25) is 5.91 Å². The normalized spacial score (nSPS) is 13.5. The Hall–Kier alpha value is -2.57. The van der Waals surface area contributed by atoms with Crippen LogP contribution >= 0.6 is 0 Å². The summed E-state index contributed by atoms with van der Waals surface area (Å²) in [5.74, 6) is -1.61. The molecule has 0 aromatic heterocycles. The van der Waals surface area contributed by atoms with Gasteiger partial charge in [-0.25, -0.2) is 9.59 Å². The van der Waals surface area contributed by atoms with Crippen LogP contribution in [0, 0.1) is 0 Å². The predicted octanol–water partition coefficient (Wildman–Crippen LogP) is 2.40. The van der Waals surface area contributed by atoms with Crippen molar-refractivity contribution in [3.8, 4) is 0 Å². The number of ether oxygens (including phenoxy) is 1. The number of nitrogens with zero attached hydrogens (tertiary/aromatic N) is 1. The first-order chi connectivity index (χ1) is 11.5. The van der Waals surface area contributed by atoms with Crippen LogP contribution < -0.4 is 5.32 Å². The van der Waals surface area contributed by atoms with Gasteiger partial charge in [0.1, 0.15) is 17.7 Å². The molecular formula is C18H26N2O5. The molecule has 0 radical (unpaired) electrons. The minimum atomic E-state index is -1.12. The SMILES string of the molecule is C[C@H](NC(=O)OC(C)(C)C)C(=O)N(Cc1ccccc1)[C@@H](C)C(=O)O. The van der Waals surface area contributed by atoms with Crippen molar-refractivity contribution in [2.75, 3.05) is 0 Å². The van der Waals surface area contributed by atoms with Gasteiger partial charge in [-0.3, -0.25) is 4.79 Å². The van der Waals surface area contributed by atoms with E-state index in [1.807, 2.05) is 18.2 Å². The minimum absolute atomic E-state index is 0.132. The molecule has 2 atom stereocenters. The second-order valence-electron chi connectivity index (χ2n) is 6.83. The highest BCUT2D eigenvalue weighted by Gasteiger charge is 2.30. The van der Waals surface area contributed by atoms with E-state index in [9.17, 15) is 19.5 Å². The average Bonchev–Trinajstić information content (AvgIpc) is 2.50. The van der Waals surface area contributed by atoms with Gasteiger partial charge < -0.3 is 20.1 Å². The first-order valence-corrected chi connectivity index (χ1v) is 8.08. The fraction of sp³-hybridized carbons (Fsp3) is 0.500. The Labute approximate surface area is 148 Å². The van der Waals surface area contributed by atoms with Crippen molar-refractivity contribution in [3.05, 3.63) is 35.9 Å². The number of carbonyl (C=O) groups excluding carboxylic acids is 2. The highest BCUT2D eigenvalue weighted by molar-refractivity contribution is 5.88. The van der Waals surface area contributed by atoms with Gasteiger partial charge in [0, 0.05) is 6.54 Å². The van der Waals surface area contributed by atoms with Crippen LogP contribution in [0.1, 0.15) is 40.2 Å². The van der Waals surface area contributed by atoms with Crippen LogP contribution in [0.15, 0.2) is 30.3 Å². The standard InChI is InChI=1S/C18H26N2O5/c1-12(19-17(24)25-18(3,4)5)15(21)20(13(2)16(22)23)11-14-9-7-6-8-10-14/h6-10,12-13H,11H2,1-5H3,(H,19,24)(H,22,23)/t12-,13-/m0/s1. The summed E-state index contributed by atoms with van der Waals surface area (Å²) >= 11 is 0. The number of carboxylic acids is 1. The van der Waals surface area contributed by atoms with Gasteiger partial charge in [-0.05, 0) is 40.2 Å². The highest BCUT2D eigenvalue weighted by atomic mass is 16.6. The second kappa shape index (κ2) is 8.50. The molecule has 0 aliphatic rings. The van der Waals surface area contributed by atoms with Crippen molar-refractivity contribution in [2.24, 2.45) is 0 Å². The van der Waals surface area contributed by atoms with Crippen LogP contribution in [0.5, 0.6) is 0 Å². The number of rotatable bonds is 6. The van der Waals surface area contributed by atoms with Crippen LogP contribution in [0.2, 0.25) is 0 Å². The Bertz CT molecular complexity index is 610. The maximum atomic E-state index is 12.7. The van der Waals surface area contributed by atoms with E-state index >= 15 is 0 Å². The summed E-state index contributed by atoms with van der Waals surface area (Å²) in [5, 5.41) is 11.7. The summed E-state index contributed by atoms with van der Waals surface area (Å²) in [6.45, 7) is 8.21. The molecule has 25 heavy (non-hydrogen) atoms. The summed E-state index contributed by atoms with van der Waals surface area (Å²) < 4.78 is 5.13. The van der Waals surface area contributed by atoms with Gasteiger partial charge in [-0.15, -0.1) is 0 Å². The number of alkyl carbamates (subject to hydrolysis) is 1. The number of aliphatic carboxylic acids is 1. The third-order valence-corrected chi connectivity index (χ3v) is 3.41. The van der Waals surface area contributed by atoms with E-state index in [1.54, 1.807) is 32.9 Å². The van der Waals surface area contributed by atoms with Gasteiger partial charge in [0.15, 0.2) is 0 Å². The maximum Gasteiger partial charge on any atom is 0.408 e. The van der Waals surface area contributed by atoms with E-state index in [1.165, 1.54) is 18.7 Å². The molecule has 2 N–H and O–H groups in total. The Kier molecular flexibility index (Phi) is 6.97. The predicted molar refractivity (Wildman–Crippen MR) is 92.9 cm³/mol. The molecule has 7 heteroatoms. The average molecular weight is 350 g/mol. The smallest absolute Gasteiger partial charge is 0.408 e. The quantitative estimate of drug-likeness (QED) is 0.821. The van der Waals surface area contributed by atoms with E-state index in [4.69, 9.17) is 4.74 Å². The molecule has 0 aliphatic carbocycles. The molecule has 0 heterocycles. The Balaban J connectivity index is 2.87. The van der Waals surface area contributed by atoms with Crippen molar-refractivity contribution >= 4 is 18.0 Å². The van der Waals surface area contributed by atoms with Crippen molar-refractivity contribution in [1.29, 1.82) is 0 Å². The van der Waals surface area contributed by atoms with Crippen LogP contribution in [0.3, 0.4) is 0 Å². The molecule has 0 saturated carbocycles. The summed E-state index contributed by atoms with van der Waals surface area (Å²) in [5.41, 5.74) is 0.110. The molecule has 1 aromatic rings. The number of hydrogen-bond acceptors (Lipinski definition) is 4. The molecule has 0 bridgehead atoms. The second-order valence-corrected chi connectivity index (χ2v) is 6.83. The van der Waals surface area contributed by atoms with Crippen LogP contribution in [0.4, 0.5) is 4.79 Å². The molecule has 0 aliphatic heterocycles. The zero-order valence-electron chi connectivity index (χ0n) is 15.3. The molecule has 138 valence electrons. The lowest BCUT2D eigenvalue weighted by atomic mass is 10.1. The molecule has 2 amide bonds. The Morgan fingerprint density at radius 3 is 2.20 bits per heavy atom. The van der Waals surface area contributed by atoms with E-state index in [2.05, 4.69) is 5.32 Å². The lowest BCUT2D eigenvalue weighted by molar-refractivity contribution is -0.150. The fourth-order valence-corrected chi connectivity index (χ4v) is 2.11. The van der Waals surface area contributed by atoms with E-state index < -0.39 is 35.7 Å². The lowest BCUT2D eigenvalue weighted by Gasteiger charge is -2.30. The van der Waals surface area contributed by atoms with Gasteiger partial charge >= 0.3 is 12.1 Å². The number of carbonyl (C=O) groups is 3. The number of benzene rings is 1.